The minimum atomic E-state index is -2.61. The number of benzene rings is 1. The van der Waals surface area contributed by atoms with Gasteiger partial charge >= 0.3 is 23.9 Å². The molecule has 0 bridgehead atoms. The number of carbonyl (C=O) groups excluding carboxylic acids is 4. The molecule has 4 rings (SSSR count). The van der Waals surface area contributed by atoms with Crippen molar-refractivity contribution in [2.24, 2.45) is 0 Å². The van der Waals surface area contributed by atoms with Crippen LogP contribution in [0.3, 0.4) is 0 Å². The lowest BCUT2D eigenvalue weighted by molar-refractivity contribution is -0.391. The summed E-state index contributed by atoms with van der Waals surface area (Å²) in [4.78, 5) is 49.2. The Morgan fingerprint density at radius 1 is 0.769 bits per heavy atom. The topological polar surface area (TPSA) is 170 Å². The molecule has 0 N–H and O–H groups in total. The van der Waals surface area contributed by atoms with Gasteiger partial charge in [0.15, 0.2) is 45.5 Å². The van der Waals surface area contributed by atoms with Gasteiger partial charge in [-0.3, -0.25) is 19.2 Å². The first kappa shape index (κ1) is 41.8. The molecule has 3 heterocycles. The summed E-state index contributed by atoms with van der Waals surface area (Å²) in [6.07, 6.45) is -11.4. The number of fused-ring (bicyclic) bond motifs is 1. The highest BCUT2D eigenvalue weighted by molar-refractivity contribution is 6.74. The highest BCUT2D eigenvalue weighted by Crippen LogP contribution is 2.44. The van der Waals surface area contributed by atoms with Gasteiger partial charge in [0, 0.05) is 39.9 Å². The van der Waals surface area contributed by atoms with Gasteiger partial charge in [0.2, 0.25) is 0 Å². The molecule has 3 aliphatic heterocycles. The van der Waals surface area contributed by atoms with Crippen LogP contribution in [0, 0.1) is 0 Å². The average molecular weight is 755 g/mol. The Bertz CT molecular complexity index is 1370. The summed E-state index contributed by atoms with van der Waals surface area (Å²) in [6.45, 7) is 17.2. The van der Waals surface area contributed by atoms with Gasteiger partial charge in [0.1, 0.15) is 37.1 Å². The summed E-state index contributed by atoms with van der Waals surface area (Å²) in [6, 6.07) is 9.48. The zero-order chi connectivity index (χ0) is 38.4. The molecule has 11 atom stereocenters. The normalized spacial score (nSPS) is 32.2. The number of hydrogen-bond acceptors (Lipinski definition) is 15. The van der Waals surface area contributed by atoms with E-state index >= 15 is 0 Å². The van der Waals surface area contributed by atoms with Crippen molar-refractivity contribution in [2.45, 2.75) is 148 Å². The van der Waals surface area contributed by atoms with E-state index in [9.17, 15) is 19.2 Å². The first-order valence-corrected chi connectivity index (χ1v) is 20.6. The Labute approximate surface area is 306 Å². The van der Waals surface area contributed by atoms with Crippen molar-refractivity contribution in [3.63, 3.8) is 0 Å². The summed E-state index contributed by atoms with van der Waals surface area (Å²) >= 11 is 0. The molecular formula is C36H54O15Si. The summed E-state index contributed by atoms with van der Waals surface area (Å²) in [5.41, 5.74) is 0.799. The molecule has 0 saturated carbocycles. The van der Waals surface area contributed by atoms with Gasteiger partial charge in [-0.05, 0) is 24.6 Å². The molecule has 16 heteroatoms. The second-order valence-corrected chi connectivity index (χ2v) is 19.4. The summed E-state index contributed by atoms with van der Waals surface area (Å²) < 4.78 is 67.9. The SMILES string of the molecule is CCCO[C@H]1O[C@@H]2COC(c3ccccc3)O[C@H]2[C@H](O[Si](C)(C)C(C)(C)C)[C@H]1O[C@@H]1O[C@H](COC(C)=O)[C@@H](OC(C)=O)[C@H](OC(C)=O)[C@H]1OC(C)=O. The third kappa shape index (κ3) is 10.6. The Balaban J connectivity index is 1.82. The molecule has 3 fully saturated rings. The fraction of sp³-hybridized carbons (Fsp3) is 0.722. The third-order valence-electron chi connectivity index (χ3n) is 9.32. The molecule has 0 aliphatic carbocycles. The van der Waals surface area contributed by atoms with E-state index in [1.165, 1.54) is 6.92 Å². The Hall–Kier alpha value is -2.96. The molecule has 52 heavy (non-hydrogen) atoms. The first-order valence-electron chi connectivity index (χ1n) is 17.6. The summed E-state index contributed by atoms with van der Waals surface area (Å²) in [5, 5.41) is -0.246. The van der Waals surface area contributed by atoms with E-state index in [2.05, 4.69) is 33.9 Å². The van der Waals surface area contributed by atoms with Gasteiger partial charge in [0.05, 0.1) is 6.61 Å². The monoisotopic (exact) mass is 754 g/mol. The van der Waals surface area contributed by atoms with Crippen molar-refractivity contribution in [3.05, 3.63) is 35.9 Å². The fourth-order valence-corrected chi connectivity index (χ4v) is 7.25. The molecule has 15 nitrogen and oxygen atoms in total. The lowest BCUT2D eigenvalue weighted by Gasteiger charge is -2.53. The Morgan fingerprint density at radius 2 is 1.38 bits per heavy atom. The number of esters is 4. The molecule has 0 radical (unpaired) electrons. The largest absolute Gasteiger partial charge is 0.463 e. The third-order valence-corrected chi connectivity index (χ3v) is 13.8. The zero-order valence-electron chi connectivity index (χ0n) is 31.7. The van der Waals surface area contributed by atoms with Crippen LogP contribution in [-0.4, -0.2) is 113 Å². The molecule has 0 amide bonds. The number of carbonyl (C=O) groups is 4. The molecule has 1 unspecified atom stereocenters. The Kier molecular flexibility index (Phi) is 14.4. The fourth-order valence-electron chi connectivity index (χ4n) is 5.94. The van der Waals surface area contributed by atoms with Crippen LogP contribution < -0.4 is 0 Å². The molecule has 0 spiro atoms. The molecule has 292 valence electrons. The zero-order valence-corrected chi connectivity index (χ0v) is 32.7. The van der Waals surface area contributed by atoms with Crippen molar-refractivity contribution in [1.29, 1.82) is 0 Å². The van der Waals surface area contributed by atoms with Crippen LogP contribution in [0.15, 0.2) is 30.3 Å². The van der Waals surface area contributed by atoms with E-state index in [1.807, 2.05) is 37.3 Å². The number of hydrogen-bond donors (Lipinski definition) is 0. The van der Waals surface area contributed by atoms with Crippen LogP contribution in [0.5, 0.6) is 0 Å². The smallest absolute Gasteiger partial charge is 0.303 e. The van der Waals surface area contributed by atoms with Gasteiger partial charge in [-0.15, -0.1) is 0 Å². The lowest BCUT2D eigenvalue weighted by Crippen LogP contribution is -2.69. The van der Waals surface area contributed by atoms with Crippen LogP contribution in [0.4, 0.5) is 0 Å². The molecule has 1 aromatic carbocycles. The molecule has 3 aliphatic rings. The maximum Gasteiger partial charge on any atom is 0.303 e. The maximum atomic E-state index is 12.6. The molecule has 0 aromatic heterocycles. The van der Waals surface area contributed by atoms with Gasteiger partial charge in [-0.2, -0.15) is 0 Å². The van der Waals surface area contributed by atoms with Gasteiger partial charge in [0.25, 0.3) is 0 Å². The quantitative estimate of drug-likeness (QED) is 0.160. The van der Waals surface area contributed by atoms with E-state index in [1.54, 1.807) is 0 Å². The number of ether oxygens (including phenoxy) is 10. The van der Waals surface area contributed by atoms with Crippen LogP contribution in [-0.2, 0) is 71.0 Å². The highest BCUT2D eigenvalue weighted by Gasteiger charge is 2.58. The van der Waals surface area contributed by atoms with E-state index in [0.717, 1.165) is 26.3 Å². The lowest BCUT2D eigenvalue weighted by atomic mass is 9.96. The van der Waals surface area contributed by atoms with E-state index < -0.39 is 107 Å². The van der Waals surface area contributed by atoms with Crippen LogP contribution in [0.2, 0.25) is 18.1 Å². The minimum Gasteiger partial charge on any atom is -0.463 e. The predicted molar refractivity (Wildman–Crippen MR) is 184 cm³/mol. The second kappa shape index (κ2) is 17.9. The van der Waals surface area contributed by atoms with Crippen molar-refractivity contribution in [3.8, 4) is 0 Å². The highest BCUT2D eigenvalue weighted by atomic mass is 28.4. The van der Waals surface area contributed by atoms with Crippen molar-refractivity contribution >= 4 is 32.2 Å². The first-order chi connectivity index (χ1) is 24.4. The Morgan fingerprint density at radius 3 is 1.96 bits per heavy atom. The van der Waals surface area contributed by atoms with E-state index in [-0.39, 0.29) is 11.6 Å². The standard InChI is InChI=1S/C36H54O15Si/c1-11-17-41-34-32(30(51-52(9,10)36(6,7)8)28-26(47-34)19-43-33(49-28)24-15-13-12-14-16-24)50-35-31(46-23(5)40)29(45-22(4)39)27(44-21(3)38)25(48-35)18-42-20(2)37/h12-16,25-35H,11,17-19H2,1-10H3/t25-,26-,27-,28-,29+,30+,31-,32-,33?,34+,35+/m1/s1. The minimum absolute atomic E-state index is 0.166. The molecular weight excluding hydrogens is 700 g/mol. The van der Waals surface area contributed by atoms with Crippen LogP contribution in [0.1, 0.15) is 73.7 Å². The van der Waals surface area contributed by atoms with E-state index in [0.29, 0.717) is 13.0 Å². The van der Waals surface area contributed by atoms with Gasteiger partial charge in [-0.25, -0.2) is 0 Å². The molecule has 3 saturated heterocycles. The number of rotatable bonds is 13. The second-order valence-electron chi connectivity index (χ2n) is 14.6. The predicted octanol–water partition coefficient (Wildman–Crippen LogP) is 4.11. The van der Waals surface area contributed by atoms with Crippen molar-refractivity contribution in [2.75, 3.05) is 19.8 Å². The van der Waals surface area contributed by atoms with Gasteiger partial charge in [-0.1, -0.05) is 58.0 Å². The summed E-state index contributed by atoms with van der Waals surface area (Å²) in [7, 11) is -2.61. The van der Waals surface area contributed by atoms with E-state index in [4.69, 9.17) is 51.8 Å². The maximum absolute atomic E-state index is 12.6. The van der Waals surface area contributed by atoms with Crippen LogP contribution >= 0.6 is 0 Å². The van der Waals surface area contributed by atoms with Crippen molar-refractivity contribution < 1.29 is 71.0 Å². The van der Waals surface area contributed by atoms with Gasteiger partial charge < -0.3 is 51.8 Å². The summed E-state index contributed by atoms with van der Waals surface area (Å²) in [5.74, 6) is -2.90. The average Bonchev–Trinajstić information content (AvgIpc) is 3.05. The van der Waals surface area contributed by atoms with Crippen molar-refractivity contribution in [1.82, 2.24) is 0 Å². The van der Waals surface area contributed by atoms with Crippen LogP contribution in [0.25, 0.3) is 0 Å². The molecule has 1 aromatic rings.